The van der Waals surface area contributed by atoms with Gasteiger partial charge in [0.2, 0.25) is 0 Å². The average molecular weight is 300 g/mol. The van der Waals surface area contributed by atoms with Gasteiger partial charge in [0.05, 0.1) is 0 Å². The number of aliphatic hydroxyl groups is 2. The fourth-order valence-corrected chi connectivity index (χ4v) is 2.95. The van der Waals surface area contributed by atoms with E-state index in [9.17, 15) is 0 Å². The third-order valence-corrected chi connectivity index (χ3v) is 4.50. The molecule has 0 saturated carbocycles. The van der Waals surface area contributed by atoms with Crippen LogP contribution in [0.1, 0.15) is 103 Å². The van der Waals surface area contributed by atoms with Crippen molar-refractivity contribution in [1.29, 1.82) is 0 Å². The maximum Gasteiger partial charge on any atom is 0.306 e. The number of epoxide rings is 1. The highest BCUT2D eigenvalue weighted by atomic mass is 16.9. The van der Waals surface area contributed by atoms with Gasteiger partial charge in [0, 0.05) is 0 Å². The summed E-state index contributed by atoms with van der Waals surface area (Å²) in [6.07, 6.45) is 19.3. The predicted octanol–water partition coefficient (Wildman–Crippen LogP) is 4.90. The van der Waals surface area contributed by atoms with E-state index in [1.807, 2.05) is 0 Å². The molecule has 1 aliphatic heterocycles. The minimum absolute atomic E-state index is 0.324. The highest BCUT2D eigenvalue weighted by Gasteiger charge is 2.53. The van der Waals surface area contributed by atoms with Gasteiger partial charge in [-0.05, 0) is 6.42 Å². The van der Waals surface area contributed by atoms with E-state index in [4.69, 9.17) is 14.9 Å². The normalized spacial score (nSPS) is 19.9. The molecule has 3 nitrogen and oxygen atoms in total. The Balaban J connectivity index is 1.66. The summed E-state index contributed by atoms with van der Waals surface area (Å²) in [5, 5.41) is 18.1. The topological polar surface area (TPSA) is 53.0 Å². The summed E-state index contributed by atoms with van der Waals surface area (Å²) in [5.74, 6) is -1.80. The summed E-state index contributed by atoms with van der Waals surface area (Å²) < 4.78 is 4.73. The second kappa shape index (κ2) is 11.4. The van der Waals surface area contributed by atoms with Crippen LogP contribution in [-0.4, -0.2) is 22.3 Å². The number of unbranched alkanes of at least 4 members (excludes halogenated alkanes) is 13. The summed E-state index contributed by atoms with van der Waals surface area (Å²) in [6.45, 7) is 2.27. The fraction of sp³-hybridized carbons (Fsp3) is 1.00. The molecule has 126 valence electrons. The van der Waals surface area contributed by atoms with E-state index in [2.05, 4.69) is 6.92 Å². The molecular formula is C18H36O3. The number of hydrogen-bond donors (Lipinski definition) is 2. The molecule has 1 saturated heterocycles. The van der Waals surface area contributed by atoms with Crippen molar-refractivity contribution >= 4 is 0 Å². The first kappa shape index (κ1) is 18.9. The number of hydrogen-bond acceptors (Lipinski definition) is 3. The standard InChI is InChI=1S/C18H36O3/c1-2-3-4-5-6-7-8-9-10-11-12-13-14-15-16-17-18(19,20)21-17/h17,19-20H,2-16H2,1H3. The van der Waals surface area contributed by atoms with Gasteiger partial charge in [-0.2, -0.15) is 0 Å². The lowest BCUT2D eigenvalue weighted by Crippen LogP contribution is -2.11. The molecule has 0 bridgehead atoms. The van der Waals surface area contributed by atoms with Gasteiger partial charge >= 0.3 is 5.97 Å². The third-order valence-electron chi connectivity index (χ3n) is 4.50. The van der Waals surface area contributed by atoms with Crippen molar-refractivity contribution in [2.24, 2.45) is 0 Å². The van der Waals surface area contributed by atoms with Crippen molar-refractivity contribution in [3.63, 3.8) is 0 Å². The van der Waals surface area contributed by atoms with Crippen LogP contribution >= 0.6 is 0 Å². The predicted molar refractivity (Wildman–Crippen MR) is 87.0 cm³/mol. The van der Waals surface area contributed by atoms with Crippen molar-refractivity contribution in [3.05, 3.63) is 0 Å². The number of rotatable bonds is 15. The maximum absolute atomic E-state index is 9.03. The van der Waals surface area contributed by atoms with E-state index in [-0.39, 0.29) is 6.10 Å². The molecule has 0 amide bonds. The van der Waals surface area contributed by atoms with Crippen LogP contribution in [0.3, 0.4) is 0 Å². The minimum Gasteiger partial charge on any atom is -0.341 e. The van der Waals surface area contributed by atoms with Crippen LogP contribution < -0.4 is 0 Å². The molecule has 1 rings (SSSR count). The van der Waals surface area contributed by atoms with Crippen molar-refractivity contribution in [2.75, 3.05) is 0 Å². The van der Waals surface area contributed by atoms with Crippen molar-refractivity contribution in [2.45, 2.75) is 115 Å². The molecule has 21 heavy (non-hydrogen) atoms. The van der Waals surface area contributed by atoms with Crippen LogP contribution in [0.2, 0.25) is 0 Å². The Kier molecular flexibility index (Phi) is 10.3. The molecule has 0 aromatic carbocycles. The summed E-state index contributed by atoms with van der Waals surface area (Å²) in [6, 6.07) is 0. The van der Waals surface area contributed by atoms with Gasteiger partial charge in [0.25, 0.3) is 0 Å². The Bertz CT molecular complexity index is 241. The highest BCUT2D eigenvalue weighted by molar-refractivity contribution is 4.81. The van der Waals surface area contributed by atoms with Crippen molar-refractivity contribution in [3.8, 4) is 0 Å². The van der Waals surface area contributed by atoms with Gasteiger partial charge in [-0.25, -0.2) is 0 Å². The van der Waals surface area contributed by atoms with Crippen LogP contribution in [0.15, 0.2) is 0 Å². The molecule has 1 aliphatic rings. The molecular weight excluding hydrogens is 264 g/mol. The third kappa shape index (κ3) is 10.3. The zero-order valence-corrected chi connectivity index (χ0v) is 14.0. The Hall–Kier alpha value is -0.120. The van der Waals surface area contributed by atoms with E-state index in [0.717, 1.165) is 12.8 Å². The first-order valence-electron chi connectivity index (χ1n) is 9.29. The highest BCUT2D eigenvalue weighted by Crippen LogP contribution is 2.34. The Morgan fingerprint density at radius 3 is 1.33 bits per heavy atom. The lowest BCUT2D eigenvalue weighted by Gasteiger charge is -2.03. The minimum atomic E-state index is -1.80. The van der Waals surface area contributed by atoms with Gasteiger partial charge in [-0.15, -0.1) is 0 Å². The lowest BCUT2D eigenvalue weighted by molar-refractivity contribution is -0.150. The zero-order chi connectivity index (χ0) is 15.4. The molecule has 2 N–H and O–H groups in total. The maximum atomic E-state index is 9.03. The van der Waals surface area contributed by atoms with Crippen LogP contribution in [0.5, 0.6) is 0 Å². The monoisotopic (exact) mass is 300 g/mol. The van der Waals surface area contributed by atoms with Crippen LogP contribution in [0.4, 0.5) is 0 Å². The van der Waals surface area contributed by atoms with E-state index in [1.54, 1.807) is 0 Å². The molecule has 1 heterocycles. The molecule has 0 radical (unpaired) electrons. The summed E-state index contributed by atoms with van der Waals surface area (Å²) >= 11 is 0. The summed E-state index contributed by atoms with van der Waals surface area (Å²) in [7, 11) is 0. The summed E-state index contributed by atoms with van der Waals surface area (Å²) in [4.78, 5) is 0. The molecule has 0 spiro atoms. The largest absolute Gasteiger partial charge is 0.341 e. The first-order chi connectivity index (χ1) is 10.2. The Labute approximate surface area is 131 Å². The lowest BCUT2D eigenvalue weighted by atomic mass is 10.0. The van der Waals surface area contributed by atoms with Gasteiger partial charge < -0.3 is 14.9 Å². The SMILES string of the molecule is CCCCCCCCCCCCCCCCC1OC1(O)O. The van der Waals surface area contributed by atoms with Gasteiger partial charge in [0.15, 0.2) is 0 Å². The van der Waals surface area contributed by atoms with Crippen molar-refractivity contribution < 1.29 is 14.9 Å². The molecule has 3 heteroatoms. The Morgan fingerprint density at radius 1 is 0.667 bits per heavy atom. The van der Waals surface area contributed by atoms with Crippen LogP contribution in [0.25, 0.3) is 0 Å². The van der Waals surface area contributed by atoms with Crippen LogP contribution in [-0.2, 0) is 4.74 Å². The van der Waals surface area contributed by atoms with E-state index >= 15 is 0 Å². The fourth-order valence-electron chi connectivity index (χ4n) is 2.95. The van der Waals surface area contributed by atoms with Gasteiger partial charge in [0.1, 0.15) is 6.10 Å². The molecule has 1 fully saturated rings. The van der Waals surface area contributed by atoms with E-state index < -0.39 is 5.97 Å². The van der Waals surface area contributed by atoms with E-state index in [0.29, 0.717) is 0 Å². The van der Waals surface area contributed by atoms with Crippen molar-refractivity contribution in [1.82, 2.24) is 0 Å². The average Bonchev–Trinajstić information content (AvgIpc) is 3.06. The molecule has 0 aliphatic carbocycles. The smallest absolute Gasteiger partial charge is 0.306 e. The van der Waals surface area contributed by atoms with E-state index in [1.165, 1.54) is 83.5 Å². The van der Waals surface area contributed by atoms with Gasteiger partial charge in [-0.1, -0.05) is 96.8 Å². The second-order valence-corrected chi connectivity index (χ2v) is 6.65. The second-order valence-electron chi connectivity index (χ2n) is 6.65. The quantitative estimate of drug-likeness (QED) is 0.257. The molecule has 0 aromatic rings. The van der Waals surface area contributed by atoms with Gasteiger partial charge in [-0.3, -0.25) is 0 Å². The zero-order valence-electron chi connectivity index (χ0n) is 14.0. The summed E-state index contributed by atoms with van der Waals surface area (Å²) in [5.41, 5.74) is 0. The molecule has 1 unspecified atom stereocenters. The molecule has 1 atom stereocenters. The first-order valence-corrected chi connectivity index (χ1v) is 9.29. The Morgan fingerprint density at radius 2 is 1.00 bits per heavy atom. The number of ether oxygens (including phenoxy) is 1. The van der Waals surface area contributed by atoms with Crippen LogP contribution in [0, 0.1) is 0 Å². The molecule has 0 aromatic heterocycles.